The van der Waals surface area contributed by atoms with Gasteiger partial charge in [-0.3, -0.25) is 0 Å². The van der Waals surface area contributed by atoms with Gasteiger partial charge in [-0.15, -0.1) is 0 Å². The van der Waals surface area contributed by atoms with Gasteiger partial charge in [-0.05, 0) is 29.7 Å². The second-order valence-electron chi connectivity index (χ2n) is 5.57. The summed E-state index contributed by atoms with van der Waals surface area (Å²) in [6, 6.07) is 9.86. The van der Waals surface area contributed by atoms with E-state index in [1.807, 2.05) is 30.3 Å². The highest BCUT2D eigenvalue weighted by Gasteiger charge is 2.44. The number of benzene rings is 1. The molecule has 0 bridgehead atoms. The summed E-state index contributed by atoms with van der Waals surface area (Å²) < 4.78 is 0. The lowest BCUT2D eigenvalue weighted by Gasteiger charge is -2.21. The maximum absolute atomic E-state index is 10.0. The van der Waals surface area contributed by atoms with Crippen LogP contribution in [0.5, 0.6) is 0 Å². The average Bonchev–Trinajstić information content (AvgIpc) is 3.11. The second-order valence-corrected chi connectivity index (χ2v) is 5.57. The summed E-state index contributed by atoms with van der Waals surface area (Å²) in [5, 5.41) is 13.4. The summed E-state index contributed by atoms with van der Waals surface area (Å²) in [4.78, 5) is 0. The summed E-state index contributed by atoms with van der Waals surface area (Å²) in [5.74, 6) is 0.740. The summed E-state index contributed by atoms with van der Waals surface area (Å²) >= 11 is 0. The third-order valence-corrected chi connectivity index (χ3v) is 4.12. The number of aliphatic hydroxyl groups is 1. The molecule has 1 saturated carbocycles. The van der Waals surface area contributed by atoms with Crippen molar-refractivity contribution in [3.63, 3.8) is 0 Å². The smallest absolute Gasteiger partial charge is 0.0914 e. The van der Waals surface area contributed by atoms with Crippen molar-refractivity contribution in [2.75, 3.05) is 13.1 Å². The Morgan fingerprint density at radius 1 is 1.24 bits per heavy atom. The molecule has 1 aliphatic rings. The Kier molecular flexibility index (Phi) is 3.85. The standard InChI is InChI=1S/C15H23NO/c1-12(2)15(8-9-15)11-16-10-14(17)13-6-4-3-5-7-13/h3-7,12,14,16-17H,8-11H2,1-2H3. The van der Waals surface area contributed by atoms with Crippen molar-refractivity contribution in [1.82, 2.24) is 5.32 Å². The number of rotatable bonds is 6. The molecule has 0 aliphatic heterocycles. The monoisotopic (exact) mass is 233 g/mol. The normalized spacial score (nSPS) is 19.3. The van der Waals surface area contributed by atoms with Gasteiger partial charge in [0.1, 0.15) is 0 Å². The average molecular weight is 233 g/mol. The van der Waals surface area contributed by atoms with Gasteiger partial charge in [-0.25, -0.2) is 0 Å². The zero-order chi connectivity index (χ0) is 12.3. The van der Waals surface area contributed by atoms with Gasteiger partial charge in [0, 0.05) is 13.1 Å². The van der Waals surface area contributed by atoms with Gasteiger partial charge >= 0.3 is 0 Å². The Morgan fingerprint density at radius 3 is 2.41 bits per heavy atom. The van der Waals surface area contributed by atoms with E-state index in [-0.39, 0.29) is 6.10 Å². The Hall–Kier alpha value is -0.860. The van der Waals surface area contributed by atoms with Gasteiger partial charge in [0.05, 0.1) is 6.10 Å². The van der Waals surface area contributed by atoms with E-state index >= 15 is 0 Å². The minimum Gasteiger partial charge on any atom is -0.387 e. The van der Waals surface area contributed by atoms with E-state index < -0.39 is 0 Å². The molecular formula is C15H23NO. The van der Waals surface area contributed by atoms with Crippen LogP contribution in [0.3, 0.4) is 0 Å². The fraction of sp³-hybridized carbons (Fsp3) is 0.600. The molecule has 1 aliphatic carbocycles. The molecule has 1 aromatic rings. The molecule has 2 rings (SSSR count). The number of aliphatic hydroxyl groups excluding tert-OH is 1. The first-order valence-corrected chi connectivity index (χ1v) is 6.58. The highest BCUT2D eigenvalue weighted by atomic mass is 16.3. The molecule has 0 aromatic heterocycles. The summed E-state index contributed by atoms with van der Waals surface area (Å²) in [6.45, 7) is 6.28. The molecule has 17 heavy (non-hydrogen) atoms. The topological polar surface area (TPSA) is 32.3 Å². The quantitative estimate of drug-likeness (QED) is 0.792. The van der Waals surface area contributed by atoms with Crippen molar-refractivity contribution in [1.29, 1.82) is 0 Å². The predicted octanol–water partition coefficient (Wildman–Crippen LogP) is 2.75. The highest BCUT2D eigenvalue weighted by Crippen LogP contribution is 2.51. The van der Waals surface area contributed by atoms with E-state index in [2.05, 4.69) is 19.2 Å². The minimum absolute atomic E-state index is 0.390. The molecule has 0 saturated heterocycles. The maximum atomic E-state index is 10.0. The Morgan fingerprint density at radius 2 is 1.88 bits per heavy atom. The molecular weight excluding hydrogens is 210 g/mol. The molecule has 1 aromatic carbocycles. The fourth-order valence-electron chi connectivity index (χ4n) is 2.37. The molecule has 1 fully saturated rings. The maximum Gasteiger partial charge on any atom is 0.0914 e. The third kappa shape index (κ3) is 3.08. The SMILES string of the molecule is CC(C)C1(CNCC(O)c2ccccc2)CC1. The van der Waals surface area contributed by atoms with E-state index in [0.29, 0.717) is 12.0 Å². The Labute approximate surface area is 104 Å². The van der Waals surface area contributed by atoms with Crippen molar-refractivity contribution in [2.45, 2.75) is 32.8 Å². The van der Waals surface area contributed by atoms with Gasteiger partial charge in [0.25, 0.3) is 0 Å². The highest BCUT2D eigenvalue weighted by molar-refractivity contribution is 5.17. The fourth-order valence-corrected chi connectivity index (χ4v) is 2.37. The van der Waals surface area contributed by atoms with Crippen molar-refractivity contribution in [2.24, 2.45) is 11.3 Å². The third-order valence-electron chi connectivity index (χ3n) is 4.12. The molecule has 0 heterocycles. The van der Waals surface area contributed by atoms with Crippen LogP contribution < -0.4 is 5.32 Å². The molecule has 94 valence electrons. The first-order chi connectivity index (χ1) is 8.14. The van der Waals surface area contributed by atoms with E-state index in [4.69, 9.17) is 0 Å². The predicted molar refractivity (Wildman–Crippen MR) is 70.8 cm³/mol. The van der Waals surface area contributed by atoms with E-state index in [1.54, 1.807) is 0 Å². The molecule has 2 nitrogen and oxygen atoms in total. The van der Waals surface area contributed by atoms with E-state index in [9.17, 15) is 5.11 Å². The first kappa shape index (κ1) is 12.6. The van der Waals surface area contributed by atoms with Gasteiger partial charge in [0.2, 0.25) is 0 Å². The molecule has 0 spiro atoms. The molecule has 1 unspecified atom stereocenters. The van der Waals surface area contributed by atoms with E-state index in [1.165, 1.54) is 12.8 Å². The van der Waals surface area contributed by atoms with Crippen LogP contribution in [0.15, 0.2) is 30.3 Å². The van der Waals surface area contributed by atoms with Crippen LogP contribution in [0.1, 0.15) is 38.4 Å². The minimum atomic E-state index is -0.390. The van der Waals surface area contributed by atoms with Gasteiger partial charge < -0.3 is 10.4 Å². The lowest BCUT2D eigenvalue weighted by molar-refractivity contribution is 0.169. The lowest BCUT2D eigenvalue weighted by Crippen LogP contribution is -2.30. The van der Waals surface area contributed by atoms with Crippen molar-refractivity contribution in [3.05, 3.63) is 35.9 Å². The van der Waals surface area contributed by atoms with Crippen molar-refractivity contribution < 1.29 is 5.11 Å². The van der Waals surface area contributed by atoms with Crippen LogP contribution in [0.25, 0.3) is 0 Å². The second kappa shape index (κ2) is 5.19. The number of nitrogens with one attached hydrogen (secondary N) is 1. The van der Waals surface area contributed by atoms with Crippen molar-refractivity contribution >= 4 is 0 Å². The summed E-state index contributed by atoms with van der Waals surface area (Å²) in [5.41, 5.74) is 1.51. The number of hydrogen-bond acceptors (Lipinski definition) is 2. The van der Waals surface area contributed by atoms with Crippen LogP contribution in [0.4, 0.5) is 0 Å². The van der Waals surface area contributed by atoms with Crippen LogP contribution in [0, 0.1) is 11.3 Å². The first-order valence-electron chi connectivity index (χ1n) is 6.58. The van der Waals surface area contributed by atoms with Crippen LogP contribution >= 0.6 is 0 Å². The van der Waals surface area contributed by atoms with Gasteiger partial charge in [0.15, 0.2) is 0 Å². The summed E-state index contributed by atoms with van der Waals surface area (Å²) in [6.07, 6.45) is 2.28. The molecule has 0 amide bonds. The van der Waals surface area contributed by atoms with Crippen LogP contribution in [-0.4, -0.2) is 18.2 Å². The van der Waals surface area contributed by atoms with E-state index in [0.717, 1.165) is 18.0 Å². The Bertz CT molecular complexity index is 343. The van der Waals surface area contributed by atoms with Crippen LogP contribution in [-0.2, 0) is 0 Å². The van der Waals surface area contributed by atoms with Gasteiger partial charge in [-0.1, -0.05) is 44.2 Å². The zero-order valence-corrected chi connectivity index (χ0v) is 10.8. The van der Waals surface area contributed by atoms with Gasteiger partial charge in [-0.2, -0.15) is 0 Å². The molecule has 0 radical (unpaired) electrons. The molecule has 1 atom stereocenters. The lowest BCUT2D eigenvalue weighted by atomic mass is 9.92. The Balaban J connectivity index is 1.76. The largest absolute Gasteiger partial charge is 0.387 e. The summed E-state index contributed by atoms with van der Waals surface area (Å²) in [7, 11) is 0. The van der Waals surface area contributed by atoms with Crippen LogP contribution in [0.2, 0.25) is 0 Å². The zero-order valence-electron chi connectivity index (χ0n) is 10.8. The number of hydrogen-bond donors (Lipinski definition) is 2. The molecule has 2 heteroatoms. The molecule has 2 N–H and O–H groups in total. The van der Waals surface area contributed by atoms with Crippen molar-refractivity contribution in [3.8, 4) is 0 Å².